The molecule has 0 aromatic heterocycles. The van der Waals surface area contributed by atoms with E-state index in [1.807, 2.05) is 66.7 Å². The third-order valence-corrected chi connectivity index (χ3v) is 4.88. The van der Waals surface area contributed by atoms with Crippen molar-refractivity contribution >= 4 is 22.6 Å². The van der Waals surface area contributed by atoms with Crippen molar-refractivity contribution in [2.75, 3.05) is 6.61 Å². The third-order valence-electron chi connectivity index (χ3n) is 4.88. The molecule has 1 atom stereocenters. The molecule has 1 heterocycles. The predicted molar refractivity (Wildman–Crippen MR) is 110 cm³/mol. The van der Waals surface area contributed by atoms with Crippen LogP contribution in [0.15, 0.2) is 78.2 Å². The van der Waals surface area contributed by atoms with Gasteiger partial charge in [-0.15, -0.1) is 0 Å². The normalized spacial score (nSPS) is 15.4. The maximum Gasteiger partial charge on any atom is 0.340 e. The molecule has 0 fully saturated rings. The van der Waals surface area contributed by atoms with Crippen molar-refractivity contribution in [2.24, 2.45) is 0 Å². The molecule has 5 heteroatoms. The first kappa shape index (κ1) is 18.7. The molecule has 0 aliphatic carbocycles. The van der Waals surface area contributed by atoms with Crippen LogP contribution in [-0.4, -0.2) is 18.5 Å². The molecule has 29 heavy (non-hydrogen) atoms. The van der Waals surface area contributed by atoms with Crippen LogP contribution in [0.1, 0.15) is 30.9 Å². The van der Waals surface area contributed by atoms with Gasteiger partial charge in [0.25, 0.3) is 0 Å². The van der Waals surface area contributed by atoms with Crippen LogP contribution in [0.4, 0.5) is 0 Å². The fraction of sp³-hybridized carbons (Fsp3) is 0.167. The average Bonchev–Trinajstić information content (AvgIpc) is 2.73. The second-order valence-corrected chi connectivity index (χ2v) is 6.79. The lowest BCUT2D eigenvalue weighted by Gasteiger charge is -2.31. The van der Waals surface area contributed by atoms with E-state index in [-0.39, 0.29) is 24.0 Å². The highest BCUT2D eigenvalue weighted by Gasteiger charge is 2.37. The van der Waals surface area contributed by atoms with Gasteiger partial charge in [0.1, 0.15) is 11.3 Å². The van der Waals surface area contributed by atoms with Crippen molar-refractivity contribution in [3.05, 3.63) is 89.3 Å². The maximum atomic E-state index is 13.0. The van der Waals surface area contributed by atoms with Gasteiger partial charge in [0.2, 0.25) is 11.8 Å². The Morgan fingerprint density at radius 1 is 1.00 bits per heavy atom. The van der Waals surface area contributed by atoms with Gasteiger partial charge >= 0.3 is 5.97 Å². The number of esters is 1. The minimum Gasteiger partial charge on any atom is -0.462 e. The summed E-state index contributed by atoms with van der Waals surface area (Å²) in [4.78, 5) is 24.8. The van der Waals surface area contributed by atoms with Gasteiger partial charge in [0.15, 0.2) is 0 Å². The molecule has 3 aromatic rings. The van der Waals surface area contributed by atoms with Crippen LogP contribution in [-0.2, 0) is 14.3 Å². The zero-order valence-electron chi connectivity index (χ0n) is 16.3. The summed E-state index contributed by atoms with van der Waals surface area (Å²) in [6.07, 6.45) is 0. The summed E-state index contributed by atoms with van der Waals surface area (Å²) in [7, 11) is 0. The van der Waals surface area contributed by atoms with E-state index in [2.05, 4.69) is 5.32 Å². The van der Waals surface area contributed by atoms with Gasteiger partial charge in [-0.1, -0.05) is 60.7 Å². The Kier molecular flexibility index (Phi) is 5.04. The summed E-state index contributed by atoms with van der Waals surface area (Å²) < 4.78 is 11.4. The van der Waals surface area contributed by atoms with Crippen LogP contribution >= 0.6 is 0 Å². The maximum absolute atomic E-state index is 13.0. The molecule has 5 nitrogen and oxygen atoms in total. The number of fused-ring (bicyclic) bond motifs is 3. The van der Waals surface area contributed by atoms with Gasteiger partial charge < -0.3 is 9.47 Å². The quantitative estimate of drug-likeness (QED) is 0.679. The van der Waals surface area contributed by atoms with Crippen LogP contribution in [0.3, 0.4) is 0 Å². The fourth-order valence-corrected chi connectivity index (χ4v) is 3.75. The van der Waals surface area contributed by atoms with Crippen molar-refractivity contribution in [1.82, 2.24) is 5.32 Å². The predicted octanol–water partition coefficient (Wildman–Crippen LogP) is 4.27. The van der Waals surface area contributed by atoms with E-state index >= 15 is 0 Å². The van der Waals surface area contributed by atoms with Gasteiger partial charge in [-0.05, 0) is 29.3 Å². The molecule has 3 aromatic carbocycles. The summed E-state index contributed by atoms with van der Waals surface area (Å²) in [5, 5.41) is 4.71. The zero-order valence-corrected chi connectivity index (χ0v) is 16.3. The van der Waals surface area contributed by atoms with Crippen LogP contribution in [0.25, 0.3) is 10.8 Å². The topological polar surface area (TPSA) is 64.6 Å². The van der Waals surface area contributed by atoms with E-state index in [1.165, 1.54) is 6.92 Å². The summed E-state index contributed by atoms with van der Waals surface area (Å²) in [6.45, 7) is 3.35. The number of rotatable bonds is 4. The third kappa shape index (κ3) is 3.47. The lowest BCUT2D eigenvalue weighted by molar-refractivity contribution is -0.139. The standard InChI is InChI=1S/C24H21NO4/c1-3-28-24(27)22-20(17-10-5-4-6-11-17)21-18-12-8-7-9-16(18)13-14-19(21)29-23(22)25-15(2)26/h4-14,20H,3H2,1-2H3,(H,25,26). The van der Waals surface area contributed by atoms with Crippen LogP contribution in [0.2, 0.25) is 0 Å². The molecule has 1 N–H and O–H groups in total. The largest absolute Gasteiger partial charge is 0.462 e. The van der Waals surface area contributed by atoms with E-state index in [0.29, 0.717) is 5.75 Å². The monoisotopic (exact) mass is 387 g/mol. The summed E-state index contributed by atoms with van der Waals surface area (Å²) >= 11 is 0. The number of benzene rings is 3. The summed E-state index contributed by atoms with van der Waals surface area (Å²) in [5.74, 6) is -0.546. The fourth-order valence-electron chi connectivity index (χ4n) is 3.75. The number of nitrogens with one attached hydrogen (secondary N) is 1. The molecule has 0 spiro atoms. The number of hydrogen-bond donors (Lipinski definition) is 1. The molecular formula is C24H21NO4. The van der Waals surface area contributed by atoms with Crippen LogP contribution < -0.4 is 10.1 Å². The van der Waals surface area contributed by atoms with E-state index in [1.54, 1.807) is 6.92 Å². The molecule has 146 valence electrons. The smallest absolute Gasteiger partial charge is 0.340 e. The summed E-state index contributed by atoms with van der Waals surface area (Å²) in [5.41, 5.74) is 2.09. The van der Waals surface area contributed by atoms with Gasteiger partial charge in [0, 0.05) is 12.5 Å². The Hall–Kier alpha value is -3.60. The Morgan fingerprint density at radius 3 is 2.45 bits per heavy atom. The SMILES string of the molecule is CCOC(=O)C1=C(NC(C)=O)Oc2ccc3ccccc3c2C1c1ccccc1. The lowest BCUT2D eigenvalue weighted by atomic mass is 9.80. The Labute approximate surface area is 168 Å². The lowest BCUT2D eigenvalue weighted by Crippen LogP contribution is -2.33. The molecule has 0 saturated carbocycles. The Bertz CT molecular complexity index is 1120. The molecule has 0 radical (unpaired) electrons. The molecule has 0 saturated heterocycles. The average molecular weight is 387 g/mol. The first-order valence-corrected chi connectivity index (χ1v) is 9.53. The van der Waals surface area contributed by atoms with Crippen molar-refractivity contribution < 1.29 is 19.1 Å². The zero-order chi connectivity index (χ0) is 20.4. The molecule has 1 aliphatic heterocycles. The first-order valence-electron chi connectivity index (χ1n) is 9.53. The number of carbonyl (C=O) groups is 2. The van der Waals surface area contributed by atoms with E-state index < -0.39 is 11.9 Å². The van der Waals surface area contributed by atoms with Gasteiger partial charge in [-0.25, -0.2) is 4.79 Å². The van der Waals surface area contributed by atoms with Gasteiger partial charge in [0.05, 0.1) is 12.5 Å². The molecular weight excluding hydrogens is 366 g/mol. The Balaban J connectivity index is 2.03. The highest BCUT2D eigenvalue weighted by molar-refractivity contribution is 5.97. The minimum absolute atomic E-state index is 0.118. The minimum atomic E-state index is -0.510. The van der Waals surface area contributed by atoms with Gasteiger partial charge in [-0.2, -0.15) is 0 Å². The highest BCUT2D eigenvalue weighted by atomic mass is 16.5. The van der Waals surface area contributed by atoms with Crippen molar-refractivity contribution in [2.45, 2.75) is 19.8 Å². The van der Waals surface area contributed by atoms with Gasteiger partial charge in [-0.3, -0.25) is 10.1 Å². The second-order valence-electron chi connectivity index (χ2n) is 6.79. The van der Waals surface area contributed by atoms with E-state index in [0.717, 1.165) is 21.9 Å². The summed E-state index contributed by atoms with van der Waals surface area (Å²) in [6, 6.07) is 21.5. The number of hydrogen-bond acceptors (Lipinski definition) is 4. The second kappa shape index (κ2) is 7.80. The van der Waals surface area contributed by atoms with Crippen molar-refractivity contribution in [3.8, 4) is 5.75 Å². The van der Waals surface area contributed by atoms with Crippen molar-refractivity contribution in [1.29, 1.82) is 0 Å². The molecule has 4 rings (SSSR count). The number of amides is 1. The van der Waals surface area contributed by atoms with E-state index in [4.69, 9.17) is 9.47 Å². The molecule has 1 unspecified atom stereocenters. The van der Waals surface area contributed by atoms with Crippen molar-refractivity contribution in [3.63, 3.8) is 0 Å². The molecule has 1 amide bonds. The molecule has 0 bridgehead atoms. The van der Waals surface area contributed by atoms with E-state index in [9.17, 15) is 9.59 Å². The van der Waals surface area contributed by atoms with Crippen LogP contribution in [0.5, 0.6) is 5.75 Å². The first-order chi connectivity index (χ1) is 14.1. The number of ether oxygens (including phenoxy) is 2. The number of carbonyl (C=O) groups excluding carboxylic acids is 2. The Morgan fingerprint density at radius 2 is 1.72 bits per heavy atom. The molecule has 1 aliphatic rings. The van der Waals surface area contributed by atoms with Crippen LogP contribution in [0, 0.1) is 0 Å². The highest BCUT2D eigenvalue weighted by Crippen LogP contribution is 2.46.